The monoisotopic (exact) mass is 442 g/mol. The van der Waals surface area contributed by atoms with E-state index in [1.165, 1.54) is 16.4 Å². The van der Waals surface area contributed by atoms with Crippen LogP contribution in [0.15, 0.2) is 71.6 Å². The van der Waals surface area contributed by atoms with Crippen molar-refractivity contribution in [3.63, 3.8) is 0 Å². The molecule has 0 saturated carbocycles. The van der Waals surface area contributed by atoms with Crippen LogP contribution in [0.2, 0.25) is 5.02 Å². The molecule has 1 saturated heterocycles. The number of nitrogens with one attached hydrogen (secondary N) is 1. The molecular weight excluding hydrogens is 420 g/mol. The van der Waals surface area contributed by atoms with E-state index in [0.717, 1.165) is 16.3 Å². The van der Waals surface area contributed by atoms with Gasteiger partial charge in [0.25, 0.3) is 0 Å². The summed E-state index contributed by atoms with van der Waals surface area (Å²) in [6.45, 7) is 1.03. The van der Waals surface area contributed by atoms with Crippen LogP contribution in [0.25, 0.3) is 10.8 Å². The molecule has 5 nitrogen and oxygen atoms in total. The smallest absolute Gasteiger partial charge is 0.243 e. The van der Waals surface area contributed by atoms with Crippen LogP contribution in [0.4, 0.5) is 0 Å². The highest BCUT2D eigenvalue weighted by Crippen LogP contribution is 2.25. The summed E-state index contributed by atoms with van der Waals surface area (Å²) in [5.41, 5.74) is 1.02. The average Bonchev–Trinajstić information content (AvgIpc) is 2.77. The summed E-state index contributed by atoms with van der Waals surface area (Å²) in [5.74, 6) is -0.472. The number of piperidine rings is 1. The van der Waals surface area contributed by atoms with Gasteiger partial charge in [0.2, 0.25) is 15.9 Å². The topological polar surface area (TPSA) is 66.5 Å². The summed E-state index contributed by atoms with van der Waals surface area (Å²) in [6, 6.07) is 20.3. The summed E-state index contributed by atoms with van der Waals surface area (Å²) in [4.78, 5) is 12.9. The second-order valence-corrected chi connectivity index (χ2v) is 9.93. The summed E-state index contributed by atoms with van der Waals surface area (Å²) in [6.07, 6.45) is 1.33. The lowest BCUT2D eigenvalue weighted by Gasteiger charge is -2.31. The van der Waals surface area contributed by atoms with Crippen LogP contribution in [0.5, 0.6) is 0 Å². The van der Waals surface area contributed by atoms with Gasteiger partial charge in [-0.05, 0) is 59.5 Å². The number of amides is 1. The maximum atomic E-state index is 12.9. The van der Waals surface area contributed by atoms with Gasteiger partial charge < -0.3 is 5.32 Å². The van der Waals surface area contributed by atoms with E-state index in [1.807, 2.05) is 30.3 Å². The lowest BCUT2D eigenvalue weighted by atomic mass is 9.98. The first kappa shape index (κ1) is 20.8. The summed E-state index contributed by atoms with van der Waals surface area (Å²) in [7, 11) is -3.64. The number of rotatable bonds is 5. The van der Waals surface area contributed by atoms with Gasteiger partial charge in [0.15, 0.2) is 0 Å². The van der Waals surface area contributed by atoms with E-state index in [4.69, 9.17) is 11.6 Å². The van der Waals surface area contributed by atoms with Gasteiger partial charge in [0.1, 0.15) is 0 Å². The largest absolute Gasteiger partial charge is 0.352 e. The van der Waals surface area contributed by atoms with Crippen LogP contribution in [-0.2, 0) is 21.4 Å². The first-order chi connectivity index (χ1) is 14.4. The van der Waals surface area contributed by atoms with Crippen molar-refractivity contribution in [2.45, 2.75) is 24.3 Å². The summed E-state index contributed by atoms with van der Waals surface area (Å²) < 4.78 is 27.2. The van der Waals surface area contributed by atoms with Gasteiger partial charge in [0, 0.05) is 24.7 Å². The van der Waals surface area contributed by atoms with Crippen molar-refractivity contribution in [3.8, 4) is 0 Å². The first-order valence-corrected chi connectivity index (χ1v) is 11.8. The van der Waals surface area contributed by atoms with E-state index in [-0.39, 0.29) is 23.3 Å². The number of hydrogen-bond donors (Lipinski definition) is 1. The molecule has 1 unspecified atom stereocenters. The van der Waals surface area contributed by atoms with Gasteiger partial charge in [-0.1, -0.05) is 48.0 Å². The van der Waals surface area contributed by atoms with Gasteiger partial charge in [-0.3, -0.25) is 4.79 Å². The molecule has 1 atom stereocenters. The van der Waals surface area contributed by atoms with Crippen molar-refractivity contribution < 1.29 is 13.2 Å². The van der Waals surface area contributed by atoms with Gasteiger partial charge in [-0.15, -0.1) is 0 Å². The van der Waals surface area contributed by atoms with E-state index >= 15 is 0 Å². The number of carbonyl (C=O) groups excluding carboxylic acids is 1. The molecule has 0 radical (unpaired) electrons. The third kappa shape index (κ3) is 4.51. The van der Waals surface area contributed by atoms with Gasteiger partial charge >= 0.3 is 0 Å². The molecule has 1 N–H and O–H groups in total. The minimum atomic E-state index is -3.64. The minimum Gasteiger partial charge on any atom is -0.352 e. The Morgan fingerprint density at radius 2 is 1.77 bits per heavy atom. The molecule has 7 heteroatoms. The van der Waals surface area contributed by atoms with Crippen molar-refractivity contribution in [1.82, 2.24) is 9.62 Å². The molecule has 4 rings (SSSR count). The maximum Gasteiger partial charge on any atom is 0.243 e. The third-order valence-electron chi connectivity index (χ3n) is 5.49. The molecule has 1 aliphatic rings. The van der Waals surface area contributed by atoms with Gasteiger partial charge in [-0.25, -0.2) is 8.42 Å². The molecule has 1 aliphatic heterocycles. The molecule has 1 fully saturated rings. The van der Waals surface area contributed by atoms with E-state index in [0.29, 0.717) is 31.0 Å². The molecule has 1 heterocycles. The van der Waals surface area contributed by atoms with Crippen molar-refractivity contribution >= 4 is 38.3 Å². The molecule has 0 spiro atoms. The molecule has 3 aromatic rings. The highest BCUT2D eigenvalue weighted by molar-refractivity contribution is 7.89. The highest BCUT2D eigenvalue weighted by atomic mass is 35.5. The van der Waals surface area contributed by atoms with Crippen molar-refractivity contribution in [1.29, 1.82) is 0 Å². The molecule has 1 amide bonds. The van der Waals surface area contributed by atoms with Crippen LogP contribution in [0.3, 0.4) is 0 Å². The number of halogens is 1. The highest BCUT2D eigenvalue weighted by Gasteiger charge is 2.33. The van der Waals surface area contributed by atoms with Crippen molar-refractivity contribution in [3.05, 3.63) is 77.3 Å². The molecule has 3 aromatic carbocycles. The van der Waals surface area contributed by atoms with Gasteiger partial charge in [-0.2, -0.15) is 4.31 Å². The van der Waals surface area contributed by atoms with Crippen molar-refractivity contribution in [2.24, 2.45) is 5.92 Å². The third-order valence-corrected chi connectivity index (χ3v) is 7.62. The lowest BCUT2D eigenvalue weighted by molar-refractivity contribution is -0.126. The minimum absolute atomic E-state index is 0.112. The van der Waals surface area contributed by atoms with Gasteiger partial charge in [0.05, 0.1) is 10.8 Å². The quantitative estimate of drug-likeness (QED) is 0.643. The fourth-order valence-corrected chi connectivity index (χ4v) is 5.46. The number of sulfonamides is 1. The van der Waals surface area contributed by atoms with Crippen molar-refractivity contribution in [2.75, 3.05) is 13.1 Å². The summed E-state index contributed by atoms with van der Waals surface area (Å²) in [5, 5.41) is 5.74. The van der Waals surface area contributed by atoms with E-state index < -0.39 is 10.0 Å². The zero-order valence-electron chi connectivity index (χ0n) is 16.4. The fourth-order valence-electron chi connectivity index (χ4n) is 3.81. The van der Waals surface area contributed by atoms with Crippen LogP contribution in [0.1, 0.15) is 18.4 Å². The molecule has 156 valence electrons. The second-order valence-electron chi connectivity index (χ2n) is 7.56. The Morgan fingerprint density at radius 1 is 1.03 bits per heavy atom. The second kappa shape index (κ2) is 8.76. The number of fused-ring (bicyclic) bond motifs is 1. The van der Waals surface area contributed by atoms with Crippen LogP contribution < -0.4 is 5.32 Å². The van der Waals surface area contributed by atoms with E-state index in [2.05, 4.69) is 17.4 Å². The number of benzene rings is 3. The zero-order valence-corrected chi connectivity index (χ0v) is 18.0. The number of nitrogens with zero attached hydrogens (tertiary/aromatic N) is 1. The maximum absolute atomic E-state index is 12.9. The molecule has 0 bridgehead atoms. The Kier molecular flexibility index (Phi) is 6.09. The molecule has 30 heavy (non-hydrogen) atoms. The van der Waals surface area contributed by atoms with E-state index in [1.54, 1.807) is 12.1 Å². The predicted octanol–water partition coefficient (Wildman–Crippen LogP) is 4.21. The summed E-state index contributed by atoms with van der Waals surface area (Å²) >= 11 is 5.87. The Hall–Kier alpha value is -2.41. The zero-order chi connectivity index (χ0) is 21.1. The molecule has 0 aromatic heterocycles. The Morgan fingerprint density at radius 3 is 2.53 bits per heavy atom. The molecular formula is C23H23ClN2O3S. The predicted molar refractivity (Wildman–Crippen MR) is 119 cm³/mol. The Bertz CT molecular complexity index is 1160. The Labute approximate surface area is 181 Å². The normalized spacial score (nSPS) is 17.7. The molecule has 0 aliphatic carbocycles. The van der Waals surface area contributed by atoms with Crippen LogP contribution in [0, 0.1) is 5.92 Å². The first-order valence-electron chi connectivity index (χ1n) is 9.94. The van der Waals surface area contributed by atoms with E-state index in [9.17, 15) is 13.2 Å². The SMILES string of the molecule is O=C(NCc1ccc2ccccc2c1)C1CCCN(S(=O)(=O)c2ccc(Cl)cc2)C1. The number of hydrogen-bond acceptors (Lipinski definition) is 3. The Balaban J connectivity index is 1.41. The average molecular weight is 443 g/mol. The van der Waals surface area contributed by atoms with Crippen LogP contribution in [-0.4, -0.2) is 31.7 Å². The lowest BCUT2D eigenvalue weighted by Crippen LogP contribution is -2.45. The standard InChI is InChI=1S/C23H23ClN2O3S/c24-21-9-11-22(12-10-21)30(28,29)26-13-3-6-20(16-26)23(27)25-15-17-7-8-18-4-1-2-5-19(18)14-17/h1-2,4-5,7-12,14,20H,3,6,13,15-16H2,(H,25,27). The number of carbonyl (C=O) groups is 1. The fraction of sp³-hybridized carbons (Fsp3) is 0.261. The van der Waals surface area contributed by atoms with Crippen LogP contribution >= 0.6 is 11.6 Å².